The molecule has 1 saturated carbocycles. The number of imide groups is 1. The number of urea groups is 1. The highest BCUT2D eigenvalue weighted by atomic mass is 16.2. The first kappa shape index (κ1) is 18.4. The number of hydrogen-bond acceptors (Lipinski definition) is 3. The van der Waals surface area contributed by atoms with E-state index in [2.05, 4.69) is 22.8 Å². The quantitative estimate of drug-likeness (QED) is 0.605. The number of nitrogens with zero attached hydrogens (tertiary/aromatic N) is 1. The van der Waals surface area contributed by atoms with Crippen LogP contribution in [0.5, 0.6) is 0 Å². The summed E-state index contributed by atoms with van der Waals surface area (Å²) >= 11 is 0. The van der Waals surface area contributed by atoms with Crippen molar-refractivity contribution in [3.05, 3.63) is 35.9 Å². The first-order chi connectivity index (χ1) is 12.5. The van der Waals surface area contributed by atoms with Crippen LogP contribution in [-0.4, -0.2) is 41.4 Å². The number of carbonyl (C=O) groups excluding carboxylic acids is 3. The van der Waals surface area contributed by atoms with E-state index in [9.17, 15) is 14.4 Å². The third-order valence-electron chi connectivity index (χ3n) is 5.61. The summed E-state index contributed by atoms with van der Waals surface area (Å²) < 4.78 is 0. The number of carbonyl (C=O) groups is 3. The van der Waals surface area contributed by atoms with E-state index in [4.69, 9.17) is 0 Å². The van der Waals surface area contributed by atoms with Gasteiger partial charge in [-0.1, -0.05) is 50.1 Å². The van der Waals surface area contributed by atoms with Gasteiger partial charge in [0.1, 0.15) is 12.1 Å². The molecule has 1 aliphatic heterocycles. The zero-order valence-electron chi connectivity index (χ0n) is 15.3. The second kappa shape index (κ2) is 7.89. The topological polar surface area (TPSA) is 78.5 Å². The second-order valence-electron chi connectivity index (χ2n) is 7.38. The number of rotatable bonds is 6. The summed E-state index contributed by atoms with van der Waals surface area (Å²) in [5.74, 6) is -0.428. The molecule has 0 unspecified atom stereocenters. The van der Waals surface area contributed by atoms with Gasteiger partial charge < -0.3 is 10.6 Å². The molecule has 1 saturated heterocycles. The van der Waals surface area contributed by atoms with Crippen molar-refractivity contribution in [1.29, 1.82) is 0 Å². The Kier molecular flexibility index (Phi) is 5.59. The van der Waals surface area contributed by atoms with Crippen molar-refractivity contribution >= 4 is 17.8 Å². The van der Waals surface area contributed by atoms with Gasteiger partial charge in [0.15, 0.2) is 0 Å². The summed E-state index contributed by atoms with van der Waals surface area (Å²) in [7, 11) is 0. The molecule has 1 aromatic carbocycles. The Hall–Kier alpha value is -2.37. The largest absolute Gasteiger partial charge is 0.355 e. The zero-order chi connectivity index (χ0) is 18.6. The molecule has 140 valence electrons. The van der Waals surface area contributed by atoms with Crippen LogP contribution < -0.4 is 10.6 Å². The number of amides is 4. The molecule has 1 spiro atoms. The summed E-state index contributed by atoms with van der Waals surface area (Å²) in [6.07, 6.45) is 5.28. The molecule has 2 N–H and O–H groups in total. The van der Waals surface area contributed by atoms with Crippen LogP contribution in [0.3, 0.4) is 0 Å². The van der Waals surface area contributed by atoms with Gasteiger partial charge in [-0.15, -0.1) is 0 Å². The highest BCUT2D eigenvalue weighted by Crippen LogP contribution is 2.38. The van der Waals surface area contributed by atoms with Gasteiger partial charge in [0.25, 0.3) is 5.91 Å². The van der Waals surface area contributed by atoms with Crippen LogP contribution in [0, 0.1) is 5.92 Å². The highest BCUT2D eigenvalue weighted by molar-refractivity contribution is 6.09. The highest BCUT2D eigenvalue weighted by Gasteiger charge is 2.55. The van der Waals surface area contributed by atoms with Gasteiger partial charge in [-0.3, -0.25) is 14.5 Å². The van der Waals surface area contributed by atoms with E-state index in [1.54, 1.807) is 0 Å². The standard InChI is InChI=1S/C20H27N3O3/c1-15-8-5-6-12-20(15)18(25)23(19(26)22-20)14-17(24)21-13-7-11-16-9-3-2-4-10-16/h2-4,9-10,15H,5-8,11-14H2,1H3,(H,21,24)(H,22,26)/t15-,20-/m1/s1. The van der Waals surface area contributed by atoms with Crippen molar-refractivity contribution in [2.45, 2.75) is 51.0 Å². The Morgan fingerprint density at radius 2 is 2.04 bits per heavy atom. The van der Waals surface area contributed by atoms with Crippen molar-refractivity contribution in [2.24, 2.45) is 5.92 Å². The number of aryl methyl sites for hydroxylation is 1. The molecule has 1 aliphatic carbocycles. The molecule has 26 heavy (non-hydrogen) atoms. The smallest absolute Gasteiger partial charge is 0.325 e. The van der Waals surface area contributed by atoms with E-state index in [1.807, 2.05) is 25.1 Å². The van der Waals surface area contributed by atoms with Crippen molar-refractivity contribution in [3.8, 4) is 0 Å². The molecule has 0 radical (unpaired) electrons. The molecule has 3 rings (SSSR count). The van der Waals surface area contributed by atoms with Gasteiger partial charge in [0.05, 0.1) is 0 Å². The lowest BCUT2D eigenvalue weighted by Crippen LogP contribution is -2.54. The van der Waals surface area contributed by atoms with Gasteiger partial charge in [0.2, 0.25) is 5.91 Å². The summed E-state index contributed by atoms with van der Waals surface area (Å²) in [6, 6.07) is 9.63. The minimum absolute atomic E-state index is 0.103. The Labute approximate surface area is 154 Å². The minimum Gasteiger partial charge on any atom is -0.355 e. The Morgan fingerprint density at radius 1 is 1.27 bits per heavy atom. The van der Waals surface area contributed by atoms with Crippen molar-refractivity contribution < 1.29 is 14.4 Å². The van der Waals surface area contributed by atoms with Gasteiger partial charge in [-0.25, -0.2) is 4.79 Å². The molecule has 0 bridgehead atoms. The van der Waals surface area contributed by atoms with Crippen LogP contribution in [-0.2, 0) is 16.0 Å². The van der Waals surface area contributed by atoms with Gasteiger partial charge in [-0.05, 0) is 37.2 Å². The maximum Gasteiger partial charge on any atom is 0.325 e. The molecule has 4 amide bonds. The molecule has 0 aromatic heterocycles. The maximum absolute atomic E-state index is 12.8. The molecule has 6 heteroatoms. The fraction of sp³-hybridized carbons (Fsp3) is 0.550. The van der Waals surface area contributed by atoms with Crippen LogP contribution in [0.4, 0.5) is 4.79 Å². The van der Waals surface area contributed by atoms with E-state index >= 15 is 0 Å². The summed E-state index contributed by atoms with van der Waals surface area (Å²) in [5, 5.41) is 5.68. The van der Waals surface area contributed by atoms with Crippen molar-refractivity contribution in [1.82, 2.24) is 15.5 Å². The fourth-order valence-corrected chi connectivity index (χ4v) is 4.00. The van der Waals surface area contributed by atoms with Crippen LogP contribution in [0.1, 0.15) is 44.6 Å². The van der Waals surface area contributed by atoms with E-state index in [0.29, 0.717) is 13.0 Å². The molecular formula is C20H27N3O3. The molecule has 2 atom stereocenters. The Balaban J connectivity index is 1.48. The Morgan fingerprint density at radius 3 is 2.77 bits per heavy atom. The molecule has 1 aromatic rings. The predicted octanol–water partition coefficient (Wildman–Crippen LogP) is 2.24. The predicted molar refractivity (Wildman–Crippen MR) is 98.4 cm³/mol. The zero-order valence-corrected chi connectivity index (χ0v) is 15.3. The first-order valence-electron chi connectivity index (χ1n) is 9.47. The lowest BCUT2D eigenvalue weighted by molar-refractivity contribution is -0.137. The molecule has 2 aliphatic rings. The van der Waals surface area contributed by atoms with Gasteiger partial charge >= 0.3 is 6.03 Å². The lowest BCUT2D eigenvalue weighted by Gasteiger charge is -2.36. The van der Waals surface area contributed by atoms with E-state index < -0.39 is 11.6 Å². The molecule has 2 fully saturated rings. The number of hydrogen-bond donors (Lipinski definition) is 2. The summed E-state index contributed by atoms with van der Waals surface area (Å²) in [5.41, 5.74) is 0.423. The SMILES string of the molecule is C[C@@H]1CCCC[C@@]12NC(=O)N(CC(=O)NCCCc1ccccc1)C2=O. The fourth-order valence-electron chi connectivity index (χ4n) is 4.00. The van der Waals surface area contributed by atoms with Gasteiger partial charge in [-0.2, -0.15) is 0 Å². The summed E-state index contributed by atoms with van der Waals surface area (Å²) in [6.45, 7) is 2.33. The number of benzene rings is 1. The molecule has 1 heterocycles. The first-order valence-corrected chi connectivity index (χ1v) is 9.47. The number of nitrogens with one attached hydrogen (secondary N) is 2. The molecular weight excluding hydrogens is 330 g/mol. The van der Waals surface area contributed by atoms with Crippen LogP contribution in [0.25, 0.3) is 0 Å². The van der Waals surface area contributed by atoms with Gasteiger partial charge in [0, 0.05) is 6.54 Å². The monoisotopic (exact) mass is 357 g/mol. The summed E-state index contributed by atoms with van der Waals surface area (Å²) in [4.78, 5) is 38.3. The third kappa shape index (κ3) is 3.74. The van der Waals surface area contributed by atoms with Crippen LogP contribution >= 0.6 is 0 Å². The lowest BCUT2D eigenvalue weighted by atomic mass is 9.73. The van der Waals surface area contributed by atoms with E-state index in [-0.39, 0.29) is 24.3 Å². The Bertz CT molecular complexity index is 676. The van der Waals surface area contributed by atoms with Crippen LogP contribution in [0.2, 0.25) is 0 Å². The van der Waals surface area contributed by atoms with Crippen molar-refractivity contribution in [2.75, 3.05) is 13.1 Å². The van der Waals surface area contributed by atoms with E-state index in [0.717, 1.165) is 37.0 Å². The maximum atomic E-state index is 12.8. The van der Waals surface area contributed by atoms with Crippen LogP contribution in [0.15, 0.2) is 30.3 Å². The average molecular weight is 357 g/mol. The third-order valence-corrected chi connectivity index (χ3v) is 5.61. The minimum atomic E-state index is -0.803. The van der Waals surface area contributed by atoms with E-state index in [1.165, 1.54) is 5.56 Å². The molecule has 6 nitrogen and oxygen atoms in total. The average Bonchev–Trinajstić information content (AvgIpc) is 2.87. The second-order valence-corrected chi connectivity index (χ2v) is 7.38. The normalized spacial score (nSPS) is 25.4. The van der Waals surface area contributed by atoms with Crippen molar-refractivity contribution in [3.63, 3.8) is 0 Å².